The van der Waals surface area contributed by atoms with Gasteiger partial charge in [-0.25, -0.2) is 4.79 Å². The van der Waals surface area contributed by atoms with Crippen molar-refractivity contribution in [2.45, 2.75) is 25.4 Å². The second kappa shape index (κ2) is 10.0. The Morgan fingerprint density at radius 3 is 2.59 bits per heavy atom. The number of aromatic nitrogens is 1. The van der Waals surface area contributed by atoms with Crippen molar-refractivity contribution in [3.05, 3.63) is 83.6 Å². The van der Waals surface area contributed by atoms with Crippen LogP contribution in [0.1, 0.15) is 39.5 Å². The average Bonchev–Trinajstić information content (AvgIpc) is 3.24. The number of amides is 4. The van der Waals surface area contributed by atoms with Gasteiger partial charge in [-0.05, 0) is 29.7 Å². The summed E-state index contributed by atoms with van der Waals surface area (Å²) >= 11 is 0. The molecule has 3 heterocycles. The van der Waals surface area contributed by atoms with Crippen LogP contribution in [0.5, 0.6) is 0 Å². The van der Waals surface area contributed by atoms with Crippen LogP contribution in [0.15, 0.2) is 61.2 Å². The zero-order chi connectivity index (χ0) is 26.1. The van der Waals surface area contributed by atoms with Gasteiger partial charge in [0.2, 0.25) is 11.8 Å². The van der Waals surface area contributed by atoms with Crippen molar-refractivity contribution in [2.75, 3.05) is 26.2 Å². The van der Waals surface area contributed by atoms with Crippen LogP contribution in [-0.2, 0) is 22.7 Å². The second-order valence-corrected chi connectivity index (χ2v) is 9.30. The number of carbonyl (C=O) groups excluding carboxylic acids is 4. The Hall–Kier alpha value is -4.24. The van der Waals surface area contributed by atoms with Gasteiger partial charge >= 0.3 is 6.03 Å². The third kappa shape index (κ3) is 4.42. The fraction of sp³-hybridized carbons (Fsp3) is 0.286. The van der Waals surface area contributed by atoms with Gasteiger partial charge in [0.25, 0.3) is 0 Å². The predicted octanol–water partition coefficient (Wildman–Crippen LogP) is 2.42. The molecule has 1 unspecified atom stereocenters. The number of hydrogen-bond donors (Lipinski definition) is 2. The molecule has 0 saturated carbocycles. The number of Topliss-reactive ketones (excluding diaryl/α,β-unsaturated/α-hetero) is 1. The van der Waals surface area contributed by atoms with Gasteiger partial charge in [0, 0.05) is 48.3 Å². The molecule has 37 heavy (non-hydrogen) atoms. The molecule has 2 bridgehead atoms. The standard InChI is InChI=1S/C28H28N4O5/c1-2-25(35)29-12-5-13-31-27(36)21-15-30(28(31)37)16-23-26(21)20-6-3-4-7-22(20)32(23)14-18-8-10-19(11-9-18)24(34)17-33/h2-4,6-11,21,33H,1,5,12-17H2,(H,29,35). The first-order valence-corrected chi connectivity index (χ1v) is 12.3. The van der Waals surface area contributed by atoms with E-state index in [1.807, 2.05) is 36.4 Å². The summed E-state index contributed by atoms with van der Waals surface area (Å²) in [6.07, 6.45) is 1.65. The topological polar surface area (TPSA) is 112 Å². The number of rotatable bonds is 9. The Kier molecular flexibility index (Phi) is 6.62. The van der Waals surface area contributed by atoms with Gasteiger partial charge in [-0.1, -0.05) is 49.0 Å². The third-order valence-corrected chi connectivity index (χ3v) is 7.08. The summed E-state index contributed by atoms with van der Waals surface area (Å²) in [5.74, 6) is -1.29. The van der Waals surface area contributed by atoms with Crippen LogP contribution in [0, 0.1) is 0 Å². The monoisotopic (exact) mass is 500 g/mol. The minimum absolute atomic E-state index is 0.216. The number of nitrogens with zero attached hydrogens (tertiary/aromatic N) is 3. The molecule has 1 atom stereocenters. The molecule has 0 spiro atoms. The van der Waals surface area contributed by atoms with E-state index in [1.54, 1.807) is 17.0 Å². The summed E-state index contributed by atoms with van der Waals surface area (Å²) in [7, 11) is 0. The number of fused-ring (bicyclic) bond motifs is 6. The fourth-order valence-corrected chi connectivity index (χ4v) is 5.28. The van der Waals surface area contributed by atoms with Crippen LogP contribution in [0.25, 0.3) is 10.9 Å². The first-order chi connectivity index (χ1) is 17.9. The number of ketones is 1. The van der Waals surface area contributed by atoms with E-state index < -0.39 is 12.5 Å². The third-order valence-electron chi connectivity index (χ3n) is 7.08. The molecule has 3 aromatic rings. The lowest BCUT2D eigenvalue weighted by Crippen LogP contribution is -2.58. The second-order valence-electron chi connectivity index (χ2n) is 9.30. The molecule has 9 nitrogen and oxygen atoms in total. The Morgan fingerprint density at radius 1 is 1.11 bits per heavy atom. The summed E-state index contributed by atoms with van der Waals surface area (Å²) in [6, 6.07) is 14.7. The quantitative estimate of drug-likeness (QED) is 0.266. The lowest BCUT2D eigenvalue weighted by atomic mass is 9.89. The molecule has 0 aliphatic carbocycles. The largest absolute Gasteiger partial charge is 0.388 e. The van der Waals surface area contributed by atoms with Crippen molar-refractivity contribution in [3.63, 3.8) is 0 Å². The van der Waals surface area contributed by atoms with E-state index in [1.165, 1.54) is 11.0 Å². The number of para-hydroxylation sites is 1. The number of carbonyl (C=O) groups is 4. The van der Waals surface area contributed by atoms with E-state index >= 15 is 0 Å². The van der Waals surface area contributed by atoms with E-state index in [0.717, 1.165) is 27.7 Å². The summed E-state index contributed by atoms with van der Waals surface area (Å²) in [5.41, 5.74) is 4.29. The molecule has 9 heteroatoms. The Balaban J connectivity index is 1.45. The van der Waals surface area contributed by atoms with Crippen molar-refractivity contribution < 1.29 is 24.3 Å². The highest BCUT2D eigenvalue weighted by Crippen LogP contribution is 2.41. The molecule has 2 aliphatic heterocycles. The lowest BCUT2D eigenvalue weighted by molar-refractivity contribution is -0.133. The van der Waals surface area contributed by atoms with Gasteiger partial charge in [-0.15, -0.1) is 0 Å². The van der Waals surface area contributed by atoms with Gasteiger partial charge in [-0.3, -0.25) is 19.3 Å². The molecule has 2 N–H and O–H groups in total. The number of hydrogen-bond acceptors (Lipinski definition) is 5. The summed E-state index contributed by atoms with van der Waals surface area (Å²) in [6.45, 7) is 4.71. The smallest absolute Gasteiger partial charge is 0.327 e. The highest BCUT2D eigenvalue weighted by Gasteiger charge is 2.45. The average molecular weight is 501 g/mol. The lowest BCUT2D eigenvalue weighted by Gasteiger charge is -2.42. The molecule has 4 amide bonds. The zero-order valence-electron chi connectivity index (χ0n) is 20.4. The van der Waals surface area contributed by atoms with Crippen molar-refractivity contribution in [3.8, 4) is 0 Å². The minimum Gasteiger partial charge on any atom is -0.388 e. The van der Waals surface area contributed by atoms with Crippen molar-refractivity contribution >= 4 is 34.5 Å². The molecular formula is C28H28N4O5. The van der Waals surface area contributed by atoms with Gasteiger partial charge in [-0.2, -0.15) is 0 Å². The Bertz CT molecular complexity index is 1410. The van der Waals surface area contributed by atoms with E-state index in [4.69, 9.17) is 5.11 Å². The number of benzene rings is 2. The molecule has 0 radical (unpaired) electrons. The highest BCUT2D eigenvalue weighted by atomic mass is 16.3. The SMILES string of the molecule is C=CC(=O)NCCCN1C(=O)C2CN(Cc3c2c2ccccc2n3Cc2ccc(C(=O)CO)cc2)C1=O. The zero-order valence-corrected chi connectivity index (χ0v) is 20.4. The summed E-state index contributed by atoms with van der Waals surface area (Å²) in [5, 5.41) is 12.8. The number of aliphatic hydroxyl groups is 1. The van der Waals surface area contributed by atoms with Crippen LogP contribution >= 0.6 is 0 Å². The minimum atomic E-state index is -0.533. The van der Waals surface area contributed by atoms with Crippen molar-refractivity contribution in [2.24, 2.45) is 0 Å². The van der Waals surface area contributed by atoms with Crippen molar-refractivity contribution in [1.82, 2.24) is 19.7 Å². The number of nitrogens with one attached hydrogen (secondary N) is 1. The molecule has 5 rings (SSSR count). The molecule has 1 saturated heterocycles. The molecule has 1 aromatic heterocycles. The Morgan fingerprint density at radius 2 is 1.86 bits per heavy atom. The summed E-state index contributed by atoms with van der Waals surface area (Å²) in [4.78, 5) is 53.0. The van der Waals surface area contributed by atoms with Crippen LogP contribution in [0.2, 0.25) is 0 Å². The molecule has 2 aliphatic rings. The maximum Gasteiger partial charge on any atom is 0.327 e. The first kappa shape index (κ1) is 24.5. The number of imide groups is 1. The van der Waals surface area contributed by atoms with Crippen LogP contribution in [0.4, 0.5) is 4.79 Å². The Labute approximate surface area is 214 Å². The first-order valence-electron chi connectivity index (χ1n) is 12.3. The molecule has 190 valence electrons. The van der Waals surface area contributed by atoms with E-state index in [9.17, 15) is 19.2 Å². The summed E-state index contributed by atoms with van der Waals surface area (Å²) < 4.78 is 2.15. The maximum atomic E-state index is 13.5. The molecular weight excluding hydrogens is 472 g/mol. The van der Waals surface area contributed by atoms with Crippen LogP contribution in [0.3, 0.4) is 0 Å². The number of urea groups is 1. The van der Waals surface area contributed by atoms with E-state index in [-0.39, 0.29) is 30.2 Å². The van der Waals surface area contributed by atoms with Gasteiger partial charge < -0.3 is 19.9 Å². The van der Waals surface area contributed by atoms with Crippen LogP contribution in [-0.4, -0.2) is 69.3 Å². The normalized spacial score (nSPS) is 16.6. The molecule has 2 aromatic carbocycles. The molecule has 1 fully saturated rings. The maximum absolute atomic E-state index is 13.5. The fourth-order valence-electron chi connectivity index (χ4n) is 5.28. The van der Waals surface area contributed by atoms with Gasteiger partial charge in [0.1, 0.15) is 6.61 Å². The van der Waals surface area contributed by atoms with Crippen molar-refractivity contribution in [1.29, 1.82) is 0 Å². The highest BCUT2D eigenvalue weighted by molar-refractivity contribution is 6.04. The van der Waals surface area contributed by atoms with Crippen LogP contribution < -0.4 is 5.32 Å². The van der Waals surface area contributed by atoms with Gasteiger partial charge in [0.05, 0.1) is 12.5 Å². The number of aliphatic hydroxyl groups excluding tert-OH is 1. The predicted molar refractivity (Wildman–Crippen MR) is 137 cm³/mol. The van der Waals surface area contributed by atoms with E-state index in [0.29, 0.717) is 38.2 Å². The van der Waals surface area contributed by atoms with E-state index in [2.05, 4.69) is 16.5 Å². The van der Waals surface area contributed by atoms with Gasteiger partial charge in [0.15, 0.2) is 5.78 Å².